The molecule has 1 aliphatic rings. The van der Waals surface area contributed by atoms with Crippen LogP contribution in [0.4, 0.5) is 0 Å². The van der Waals surface area contributed by atoms with Gasteiger partial charge in [-0.2, -0.15) is 0 Å². The Bertz CT molecular complexity index is 619. The second-order valence-electron chi connectivity index (χ2n) is 5.23. The Morgan fingerprint density at radius 3 is 2.50 bits per heavy atom. The molecule has 0 aromatic heterocycles. The van der Waals surface area contributed by atoms with Crippen LogP contribution in [0.1, 0.15) is 27.9 Å². The van der Waals surface area contributed by atoms with Gasteiger partial charge in [-0.1, -0.05) is 24.3 Å². The predicted octanol–water partition coefficient (Wildman–Crippen LogP) is 2.68. The second kappa shape index (κ2) is 5.37. The van der Waals surface area contributed by atoms with Crippen molar-refractivity contribution in [3.8, 4) is 5.75 Å². The maximum atomic E-state index is 12.1. The minimum absolute atomic E-state index is 0.0746. The van der Waals surface area contributed by atoms with E-state index in [2.05, 4.69) is 23.5 Å². The van der Waals surface area contributed by atoms with E-state index in [1.165, 1.54) is 23.3 Å². The van der Waals surface area contributed by atoms with Crippen molar-refractivity contribution in [2.75, 3.05) is 0 Å². The monoisotopic (exact) mass is 267 g/mol. The fourth-order valence-corrected chi connectivity index (χ4v) is 2.70. The number of carbonyl (C=O) groups is 1. The highest BCUT2D eigenvalue weighted by Crippen LogP contribution is 2.21. The van der Waals surface area contributed by atoms with E-state index in [0.717, 1.165) is 19.3 Å². The summed E-state index contributed by atoms with van der Waals surface area (Å²) < 4.78 is 0. The Morgan fingerprint density at radius 1 is 1.05 bits per heavy atom. The Morgan fingerprint density at radius 2 is 1.75 bits per heavy atom. The lowest BCUT2D eigenvalue weighted by molar-refractivity contribution is 0.0933. The zero-order valence-corrected chi connectivity index (χ0v) is 11.2. The number of phenols is 1. The molecule has 2 N–H and O–H groups in total. The SMILES string of the molecule is O=C(NC1CCc2ccccc2C1)c1ccc(O)cc1. The molecule has 2 aromatic carbocycles. The number of aromatic hydroxyl groups is 1. The number of aryl methyl sites for hydroxylation is 1. The molecular formula is C17H17NO2. The fraction of sp³-hybridized carbons (Fsp3) is 0.235. The molecule has 2 aromatic rings. The van der Waals surface area contributed by atoms with E-state index in [9.17, 15) is 9.90 Å². The lowest BCUT2D eigenvalue weighted by Gasteiger charge is -2.25. The molecule has 20 heavy (non-hydrogen) atoms. The summed E-state index contributed by atoms with van der Waals surface area (Å²) in [6.07, 6.45) is 2.87. The van der Waals surface area contributed by atoms with Gasteiger partial charge in [-0.15, -0.1) is 0 Å². The number of hydrogen-bond donors (Lipinski definition) is 2. The number of carbonyl (C=O) groups excluding carboxylic acids is 1. The molecule has 0 radical (unpaired) electrons. The Hall–Kier alpha value is -2.29. The molecular weight excluding hydrogens is 250 g/mol. The highest BCUT2D eigenvalue weighted by atomic mass is 16.3. The summed E-state index contributed by atoms with van der Waals surface area (Å²) in [6, 6.07) is 14.9. The molecule has 3 nitrogen and oxygen atoms in total. The van der Waals surface area contributed by atoms with Crippen molar-refractivity contribution in [3.63, 3.8) is 0 Å². The minimum atomic E-state index is -0.0746. The molecule has 102 valence electrons. The first-order valence-electron chi connectivity index (χ1n) is 6.89. The fourth-order valence-electron chi connectivity index (χ4n) is 2.70. The Kier molecular flexibility index (Phi) is 3.42. The smallest absolute Gasteiger partial charge is 0.251 e. The largest absolute Gasteiger partial charge is 0.508 e. The van der Waals surface area contributed by atoms with Gasteiger partial charge in [0, 0.05) is 11.6 Å². The first kappa shape index (κ1) is 12.7. The van der Waals surface area contributed by atoms with E-state index in [-0.39, 0.29) is 17.7 Å². The first-order valence-corrected chi connectivity index (χ1v) is 6.89. The van der Waals surface area contributed by atoms with Crippen LogP contribution in [0.25, 0.3) is 0 Å². The van der Waals surface area contributed by atoms with Crippen LogP contribution in [0.5, 0.6) is 5.75 Å². The summed E-state index contributed by atoms with van der Waals surface area (Å²) >= 11 is 0. The van der Waals surface area contributed by atoms with Gasteiger partial charge in [-0.25, -0.2) is 0 Å². The molecule has 0 saturated carbocycles. The van der Waals surface area contributed by atoms with Crippen molar-refractivity contribution < 1.29 is 9.90 Å². The van der Waals surface area contributed by atoms with Gasteiger partial charge in [-0.05, 0) is 54.7 Å². The average molecular weight is 267 g/mol. The van der Waals surface area contributed by atoms with Gasteiger partial charge in [0.25, 0.3) is 5.91 Å². The molecule has 0 spiro atoms. The number of phenolic OH excluding ortho intramolecular Hbond substituents is 1. The van der Waals surface area contributed by atoms with Crippen molar-refractivity contribution in [3.05, 3.63) is 65.2 Å². The van der Waals surface area contributed by atoms with Gasteiger partial charge in [0.1, 0.15) is 5.75 Å². The predicted molar refractivity (Wildman–Crippen MR) is 77.8 cm³/mol. The van der Waals surface area contributed by atoms with Crippen molar-refractivity contribution in [1.82, 2.24) is 5.32 Å². The molecule has 3 heteroatoms. The molecule has 0 heterocycles. The van der Waals surface area contributed by atoms with Crippen LogP contribution in [-0.4, -0.2) is 17.1 Å². The quantitative estimate of drug-likeness (QED) is 0.879. The number of hydrogen-bond acceptors (Lipinski definition) is 2. The maximum Gasteiger partial charge on any atom is 0.251 e. The maximum absolute atomic E-state index is 12.1. The van der Waals surface area contributed by atoms with Crippen LogP contribution in [0.2, 0.25) is 0 Å². The van der Waals surface area contributed by atoms with Gasteiger partial charge in [0.15, 0.2) is 0 Å². The summed E-state index contributed by atoms with van der Waals surface area (Å²) in [5.41, 5.74) is 3.30. The summed E-state index contributed by atoms with van der Waals surface area (Å²) in [6.45, 7) is 0. The van der Waals surface area contributed by atoms with E-state index in [1.807, 2.05) is 6.07 Å². The number of benzene rings is 2. The first-order chi connectivity index (χ1) is 9.72. The zero-order chi connectivity index (χ0) is 13.9. The van der Waals surface area contributed by atoms with E-state index in [4.69, 9.17) is 0 Å². The normalized spacial score (nSPS) is 17.3. The molecule has 0 aliphatic heterocycles. The van der Waals surface area contributed by atoms with Crippen molar-refractivity contribution in [1.29, 1.82) is 0 Å². The third-order valence-electron chi connectivity index (χ3n) is 3.81. The topological polar surface area (TPSA) is 49.3 Å². The van der Waals surface area contributed by atoms with Gasteiger partial charge >= 0.3 is 0 Å². The van der Waals surface area contributed by atoms with E-state index in [0.29, 0.717) is 5.56 Å². The molecule has 1 aliphatic carbocycles. The number of amides is 1. The van der Waals surface area contributed by atoms with Crippen LogP contribution < -0.4 is 5.32 Å². The minimum Gasteiger partial charge on any atom is -0.508 e. The van der Waals surface area contributed by atoms with Gasteiger partial charge in [0.2, 0.25) is 0 Å². The van der Waals surface area contributed by atoms with Gasteiger partial charge < -0.3 is 10.4 Å². The molecule has 1 amide bonds. The summed E-state index contributed by atoms with van der Waals surface area (Å²) in [7, 11) is 0. The summed E-state index contributed by atoms with van der Waals surface area (Å²) in [5, 5.41) is 12.3. The Labute approximate surface area is 118 Å². The molecule has 0 saturated heterocycles. The average Bonchev–Trinajstić information content (AvgIpc) is 2.48. The third-order valence-corrected chi connectivity index (χ3v) is 3.81. The van der Waals surface area contributed by atoms with Crippen LogP contribution in [0.3, 0.4) is 0 Å². The van der Waals surface area contributed by atoms with Crippen LogP contribution >= 0.6 is 0 Å². The van der Waals surface area contributed by atoms with Crippen LogP contribution in [0.15, 0.2) is 48.5 Å². The number of fused-ring (bicyclic) bond motifs is 1. The van der Waals surface area contributed by atoms with Crippen molar-refractivity contribution >= 4 is 5.91 Å². The summed E-state index contributed by atoms with van der Waals surface area (Å²) in [4.78, 5) is 12.1. The van der Waals surface area contributed by atoms with E-state index < -0.39 is 0 Å². The zero-order valence-electron chi connectivity index (χ0n) is 11.2. The third kappa shape index (κ3) is 2.67. The highest BCUT2D eigenvalue weighted by molar-refractivity contribution is 5.94. The molecule has 1 atom stereocenters. The number of rotatable bonds is 2. The van der Waals surface area contributed by atoms with Crippen LogP contribution in [0, 0.1) is 0 Å². The Balaban J connectivity index is 1.67. The van der Waals surface area contributed by atoms with Crippen molar-refractivity contribution in [2.45, 2.75) is 25.3 Å². The highest BCUT2D eigenvalue weighted by Gasteiger charge is 2.20. The number of nitrogens with one attached hydrogen (secondary N) is 1. The van der Waals surface area contributed by atoms with E-state index in [1.54, 1.807) is 12.1 Å². The molecule has 3 rings (SSSR count). The van der Waals surface area contributed by atoms with Gasteiger partial charge in [-0.3, -0.25) is 4.79 Å². The lowest BCUT2D eigenvalue weighted by atomic mass is 9.88. The second-order valence-corrected chi connectivity index (χ2v) is 5.23. The molecule has 1 unspecified atom stereocenters. The van der Waals surface area contributed by atoms with Crippen molar-refractivity contribution in [2.24, 2.45) is 0 Å². The van der Waals surface area contributed by atoms with E-state index >= 15 is 0 Å². The van der Waals surface area contributed by atoms with Gasteiger partial charge in [0.05, 0.1) is 0 Å². The summed E-state index contributed by atoms with van der Waals surface area (Å²) in [5.74, 6) is 0.0996. The van der Waals surface area contributed by atoms with Crippen LogP contribution in [-0.2, 0) is 12.8 Å². The molecule has 0 bridgehead atoms. The lowest BCUT2D eigenvalue weighted by Crippen LogP contribution is -2.38. The standard InChI is InChI=1S/C17H17NO2/c19-16-9-6-13(7-10-16)17(20)18-15-8-5-12-3-1-2-4-14(12)11-15/h1-4,6-7,9-10,15,19H,5,8,11H2,(H,18,20). The molecule has 0 fully saturated rings.